The zero-order valence-corrected chi connectivity index (χ0v) is 30.4. The molecule has 0 radical (unpaired) electrons. The molecule has 0 unspecified atom stereocenters. The van der Waals surface area contributed by atoms with Crippen molar-refractivity contribution in [2.24, 2.45) is 0 Å². The zero-order valence-electron chi connectivity index (χ0n) is 25.7. The average Bonchev–Trinajstić information content (AvgIpc) is 3.80. The first kappa shape index (κ1) is 36.2. The van der Waals surface area contributed by atoms with Gasteiger partial charge in [-0.3, -0.25) is 9.59 Å². The van der Waals surface area contributed by atoms with Gasteiger partial charge in [-0.2, -0.15) is 17.6 Å². The Hall–Kier alpha value is -4.12. The van der Waals surface area contributed by atoms with Gasteiger partial charge in [-0.1, -0.05) is 23.2 Å². The van der Waals surface area contributed by atoms with E-state index < -0.39 is 36.7 Å². The number of benzene rings is 2. The maximum atomic E-state index is 13.8. The Bertz CT molecular complexity index is 2280. The Balaban J connectivity index is 0.000000162. The van der Waals surface area contributed by atoms with Crippen LogP contribution in [0.4, 0.5) is 26.3 Å². The molecule has 4 heterocycles. The summed E-state index contributed by atoms with van der Waals surface area (Å²) < 4.78 is 91.3. The van der Waals surface area contributed by atoms with Gasteiger partial charge < -0.3 is 18.3 Å². The molecule has 0 amide bonds. The van der Waals surface area contributed by atoms with Gasteiger partial charge in [0.2, 0.25) is 0 Å². The van der Waals surface area contributed by atoms with Crippen LogP contribution < -0.4 is 9.47 Å². The van der Waals surface area contributed by atoms with Crippen molar-refractivity contribution in [3.8, 4) is 11.5 Å². The fourth-order valence-corrected chi connectivity index (χ4v) is 7.45. The number of carbonyl (C=O) groups excluding carboxylic acids is 2. The predicted octanol–water partition coefficient (Wildman–Crippen LogP) is 10.4. The smallest absolute Gasteiger partial charge is 0.387 e. The van der Waals surface area contributed by atoms with Crippen molar-refractivity contribution in [3.05, 3.63) is 125 Å². The van der Waals surface area contributed by atoms with Crippen LogP contribution in [0.3, 0.4) is 0 Å². The monoisotopic (exact) mass is 888 g/mol. The van der Waals surface area contributed by atoms with Crippen LogP contribution in [0, 0.1) is 11.6 Å². The molecule has 0 saturated heterocycles. The third-order valence-electron chi connectivity index (χ3n) is 8.50. The molecule has 18 heteroatoms. The number of imidazole rings is 2. The van der Waals surface area contributed by atoms with Crippen molar-refractivity contribution >= 4 is 77.9 Å². The first-order valence-electron chi connectivity index (χ1n) is 15.0. The lowest BCUT2D eigenvalue weighted by molar-refractivity contribution is -0.0512. The second-order valence-electron chi connectivity index (χ2n) is 11.6. The lowest BCUT2D eigenvalue weighted by Crippen LogP contribution is -2.09. The normalized spacial score (nSPS) is 16.5. The number of alkyl halides is 4. The highest BCUT2D eigenvalue weighted by Gasteiger charge is 2.39. The Kier molecular flexibility index (Phi) is 9.78. The Morgan fingerprint density at radius 2 is 1.06 bits per heavy atom. The highest BCUT2D eigenvalue weighted by atomic mass is 79.9. The molecule has 6 aromatic rings. The highest BCUT2D eigenvalue weighted by Crippen LogP contribution is 2.45. The SMILES string of the molecule is O=C1C[C@@H](c2cc(Cl)ccc2OC(F)F)c2c1nc1cc(F)c(Br)cn21.O=C1C[C@H](c2cc(Cl)ccc2OC(F)F)c2c1nc1cc(F)c(Br)cn21. The van der Waals surface area contributed by atoms with Crippen molar-refractivity contribution in [2.45, 2.75) is 37.9 Å². The number of halogens is 10. The molecule has 52 heavy (non-hydrogen) atoms. The van der Waals surface area contributed by atoms with E-state index in [4.69, 9.17) is 23.2 Å². The summed E-state index contributed by atoms with van der Waals surface area (Å²) in [6.45, 7) is -6.03. The molecule has 2 aromatic carbocycles. The topological polar surface area (TPSA) is 87.2 Å². The van der Waals surface area contributed by atoms with E-state index >= 15 is 0 Å². The number of Topliss-reactive ketones (excluding diaryl/α,β-unsaturated/α-hetero) is 2. The minimum atomic E-state index is -3.02. The van der Waals surface area contributed by atoms with Crippen molar-refractivity contribution in [2.75, 3.05) is 0 Å². The van der Waals surface area contributed by atoms with Crippen LogP contribution >= 0.6 is 55.1 Å². The van der Waals surface area contributed by atoms with Crippen LogP contribution in [0.25, 0.3) is 11.3 Å². The van der Waals surface area contributed by atoms with Crippen LogP contribution in [-0.2, 0) is 0 Å². The number of hydrogen-bond donors (Lipinski definition) is 0. The van der Waals surface area contributed by atoms with Gasteiger partial charge in [0.05, 0.1) is 20.3 Å². The molecule has 0 fully saturated rings. The summed E-state index contributed by atoms with van der Waals surface area (Å²) in [5.41, 5.74) is 2.59. The Labute approximate surface area is 315 Å². The quantitative estimate of drug-likeness (QED) is 0.155. The average molecular weight is 891 g/mol. The first-order valence-corrected chi connectivity index (χ1v) is 17.3. The van der Waals surface area contributed by atoms with Gasteiger partial charge in [0.15, 0.2) is 11.6 Å². The number of fused-ring (bicyclic) bond motifs is 6. The maximum Gasteiger partial charge on any atom is 0.387 e. The van der Waals surface area contributed by atoms with Gasteiger partial charge in [0.1, 0.15) is 45.8 Å². The molecule has 2 atom stereocenters. The second-order valence-corrected chi connectivity index (χ2v) is 14.1. The number of hydrogen-bond acceptors (Lipinski definition) is 6. The van der Waals surface area contributed by atoms with E-state index in [0.717, 1.165) is 0 Å². The second kappa shape index (κ2) is 14.0. The lowest BCUT2D eigenvalue weighted by Gasteiger charge is -2.17. The maximum absolute atomic E-state index is 13.8. The summed E-state index contributed by atoms with van der Waals surface area (Å²) in [4.78, 5) is 33.2. The van der Waals surface area contributed by atoms with E-state index in [1.54, 1.807) is 8.80 Å². The molecule has 0 aliphatic heterocycles. The van der Waals surface area contributed by atoms with E-state index in [2.05, 4.69) is 51.3 Å². The van der Waals surface area contributed by atoms with Crippen LogP contribution in [0.5, 0.6) is 11.5 Å². The number of rotatable bonds is 6. The number of nitrogens with zero attached hydrogens (tertiary/aromatic N) is 4. The van der Waals surface area contributed by atoms with Gasteiger partial charge >= 0.3 is 13.2 Å². The predicted molar refractivity (Wildman–Crippen MR) is 183 cm³/mol. The number of pyridine rings is 2. The molecule has 2 aliphatic rings. The molecule has 268 valence electrons. The largest absolute Gasteiger partial charge is 0.435 e. The number of ether oxygens (including phenoxy) is 2. The molecule has 8 nitrogen and oxygen atoms in total. The van der Waals surface area contributed by atoms with Crippen LogP contribution in [0.2, 0.25) is 10.0 Å². The minimum absolute atomic E-state index is 0.0372. The minimum Gasteiger partial charge on any atom is -0.435 e. The van der Waals surface area contributed by atoms with E-state index in [0.29, 0.717) is 32.6 Å². The van der Waals surface area contributed by atoms with Gasteiger partial charge in [-0.05, 0) is 68.3 Å². The van der Waals surface area contributed by atoms with Crippen LogP contribution in [-0.4, -0.2) is 43.6 Å². The first-order chi connectivity index (χ1) is 24.7. The summed E-state index contributed by atoms with van der Waals surface area (Å²) >= 11 is 18.3. The fourth-order valence-electron chi connectivity index (χ4n) is 6.45. The molecule has 0 N–H and O–H groups in total. The number of ketones is 2. The van der Waals surface area contributed by atoms with Crippen LogP contribution in [0.1, 0.15) is 68.2 Å². The molecule has 8 rings (SSSR count). The van der Waals surface area contributed by atoms with Crippen LogP contribution in [0.15, 0.2) is 69.9 Å². The Morgan fingerprint density at radius 1 is 0.673 bits per heavy atom. The fraction of sp³-hybridized carbons (Fsp3) is 0.176. The van der Waals surface area contributed by atoms with Crippen molar-refractivity contribution in [1.29, 1.82) is 0 Å². The molecule has 0 saturated carbocycles. The summed E-state index contributed by atoms with van der Waals surface area (Å²) in [6, 6.07) is 10.9. The molecule has 2 aliphatic carbocycles. The van der Waals surface area contributed by atoms with E-state index in [9.17, 15) is 35.9 Å². The van der Waals surface area contributed by atoms with Crippen molar-refractivity contribution in [3.63, 3.8) is 0 Å². The molecule has 0 spiro atoms. The highest BCUT2D eigenvalue weighted by molar-refractivity contribution is 9.10. The van der Waals surface area contributed by atoms with Crippen molar-refractivity contribution in [1.82, 2.24) is 18.8 Å². The summed E-state index contributed by atoms with van der Waals surface area (Å²) in [7, 11) is 0. The molecule has 0 bridgehead atoms. The van der Waals surface area contributed by atoms with Gasteiger partial charge in [0, 0.05) is 70.4 Å². The summed E-state index contributed by atoms with van der Waals surface area (Å²) in [5, 5.41) is 0.645. The number of carbonyl (C=O) groups is 2. The summed E-state index contributed by atoms with van der Waals surface area (Å²) in [5.74, 6) is -2.85. The molecular formula is C34H18Br2Cl2F6N4O4. The van der Waals surface area contributed by atoms with E-state index in [1.807, 2.05) is 0 Å². The number of aromatic nitrogens is 4. The molecular weight excluding hydrogens is 873 g/mol. The van der Waals surface area contributed by atoms with Gasteiger partial charge in [0.25, 0.3) is 0 Å². The summed E-state index contributed by atoms with van der Waals surface area (Å²) in [6.07, 6.45) is 2.99. The standard InChI is InChI=1S/2C17H9BrClF3N2O2/c2*18-10-6-24-14(5-11(10)20)23-15-12(25)4-9(16(15)24)8-3-7(19)1-2-13(8)26-17(21)22/h2*1-3,5-6,9,17H,4H2/t2*9-/m10/s1. The van der Waals surface area contributed by atoms with E-state index in [-0.39, 0.29) is 67.5 Å². The zero-order chi connectivity index (χ0) is 37.2. The van der Waals surface area contributed by atoms with Gasteiger partial charge in [-0.25, -0.2) is 18.7 Å². The van der Waals surface area contributed by atoms with Gasteiger partial charge in [-0.15, -0.1) is 0 Å². The lowest BCUT2D eigenvalue weighted by atomic mass is 9.95. The third-order valence-corrected chi connectivity index (χ3v) is 10.1. The third kappa shape index (κ3) is 6.65. The van der Waals surface area contributed by atoms with Crippen molar-refractivity contribution < 1.29 is 45.4 Å². The Morgan fingerprint density at radius 3 is 1.42 bits per heavy atom. The molecule has 4 aromatic heterocycles. The van der Waals surface area contributed by atoms with E-state index in [1.165, 1.54) is 60.9 Å².